The summed E-state index contributed by atoms with van der Waals surface area (Å²) in [4.78, 5) is 24.3. The molecule has 8 heteroatoms. The number of hydrogen-bond donors (Lipinski definition) is 2. The normalized spacial score (nSPS) is 13.5. The Hall–Kier alpha value is -3.06. The van der Waals surface area contributed by atoms with Gasteiger partial charge in [-0.1, -0.05) is 11.6 Å². The summed E-state index contributed by atoms with van der Waals surface area (Å²) in [6, 6.07) is 10.4. The van der Waals surface area contributed by atoms with Crippen molar-refractivity contribution in [2.75, 3.05) is 6.61 Å². The SMILES string of the molecule is CC(Oc1ccc(F)cc1)C(=O)NNC(=O)C1=Cc2cc(Cl)ccc2OC1. The molecule has 0 spiro atoms. The van der Waals surface area contributed by atoms with Crippen molar-refractivity contribution in [3.63, 3.8) is 0 Å². The molecule has 140 valence electrons. The van der Waals surface area contributed by atoms with Crippen molar-refractivity contribution in [3.05, 3.63) is 64.4 Å². The maximum atomic E-state index is 12.9. The molecule has 1 aliphatic heterocycles. The van der Waals surface area contributed by atoms with Crippen molar-refractivity contribution >= 4 is 29.5 Å². The molecule has 0 radical (unpaired) electrons. The summed E-state index contributed by atoms with van der Waals surface area (Å²) < 4.78 is 23.8. The van der Waals surface area contributed by atoms with Crippen LogP contribution in [0.5, 0.6) is 11.5 Å². The summed E-state index contributed by atoms with van der Waals surface area (Å²) in [5.41, 5.74) is 5.61. The molecule has 1 unspecified atom stereocenters. The number of hydrogen-bond acceptors (Lipinski definition) is 4. The van der Waals surface area contributed by atoms with Gasteiger partial charge in [0.25, 0.3) is 11.8 Å². The van der Waals surface area contributed by atoms with E-state index >= 15 is 0 Å². The van der Waals surface area contributed by atoms with Gasteiger partial charge in [-0.05, 0) is 55.5 Å². The number of hydrazine groups is 1. The van der Waals surface area contributed by atoms with Crippen LogP contribution in [0.3, 0.4) is 0 Å². The average molecular weight is 391 g/mol. The number of nitrogens with one attached hydrogen (secondary N) is 2. The minimum absolute atomic E-state index is 0.0674. The Kier molecular flexibility index (Phi) is 5.61. The zero-order valence-electron chi connectivity index (χ0n) is 14.3. The highest BCUT2D eigenvalue weighted by Crippen LogP contribution is 2.28. The summed E-state index contributed by atoms with van der Waals surface area (Å²) in [7, 11) is 0. The second-order valence-electron chi connectivity index (χ2n) is 5.80. The van der Waals surface area contributed by atoms with E-state index in [-0.39, 0.29) is 6.61 Å². The highest BCUT2D eigenvalue weighted by Gasteiger charge is 2.20. The molecule has 1 heterocycles. The lowest BCUT2D eigenvalue weighted by Crippen LogP contribution is -2.48. The highest BCUT2D eigenvalue weighted by molar-refractivity contribution is 6.30. The number of rotatable bonds is 4. The minimum atomic E-state index is -0.896. The summed E-state index contributed by atoms with van der Waals surface area (Å²) in [6.45, 7) is 1.57. The molecule has 1 atom stereocenters. The van der Waals surface area contributed by atoms with Gasteiger partial charge < -0.3 is 9.47 Å². The van der Waals surface area contributed by atoms with Crippen molar-refractivity contribution in [3.8, 4) is 11.5 Å². The van der Waals surface area contributed by atoms with E-state index in [1.165, 1.54) is 31.2 Å². The van der Waals surface area contributed by atoms with E-state index in [1.807, 2.05) is 0 Å². The van der Waals surface area contributed by atoms with Crippen molar-refractivity contribution in [2.24, 2.45) is 0 Å². The summed E-state index contributed by atoms with van der Waals surface area (Å²) in [5.74, 6) is -0.516. The van der Waals surface area contributed by atoms with Gasteiger partial charge in [-0.25, -0.2) is 4.39 Å². The molecule has 6 nitrogen and oxygen atoms in total. The lowest BCUT2D eigenvalue weighted by Gasteiger charge is -2.19. The van der Waals surface area contributed by atoms with Gasteiger partial charge in [-0.3, -0.25) is 20.4 Å². The summed E-state index contributed by atoms with van der Waals surface area (Å²) >= 11 is 5.94. The molecule has 27 heavy (non-hydrogen) atoms. The zero-order valence-corrected chi connectivity index (χ0v) is 15.0. The number of halogens is 2. The third-order valence-corrected chi connectivity index (χ3v) is 4.01. The van der Waals surface area contributed by atoms with E-state index in [9.17, 15) is 14.0 Å². The molecule has 3 rings (SSSR count). The minimum Gasteiger partial charge on any atom is -0.488 e. The van der Waals surface area contributed by atoms with Gasteiger partial charge in [-0.15, -0.1) is 0 Å². The summed E-state index contributed by atoms with van der Waals surface area (Å²) in [6.07, 6.45) is 0.747. The fraction of sp³-hybridized carbons (Fsp3) is 0.158. The Labute approximate surface area is 159 Å². The zero-order chi connectivity index (χ0) is 19.4. The Morgan fingerprint density at radius 3 is 2.67 bits per heavy atom. The molecule has 0 fully saturated rings. The van der Waals surface area contributed by atoms with Crippen LogP contribution >= 0.6 is 11.6 Å². The second-order valence-corrected chi connectivity index (χ2v) is 6.23. The number of amides is 2. The third kappa shape index (κ3) is 4.77. The Bertz CT molecular complexity index is 899. The first-order valence-corrected chi connectivity index (χ1v) is 8.45. The van der Waals surface area contributed by atoms with Gasteiger partial charge >= 0.3 is 0 Å². The van der Waals surface area contributed by atoms with Crippen LogP contribution in [0.1, 0.15) is 12.5 Å². The maximum absolute atomic E-state index is 12.9. The lowest BCUT2D eigenvalue weighted by molar-refractivity contribution is -0.131. The van der Waals surface area contributed by atoms with Crippen molar-refractivity contribution < 1.29 is 23.5 Å². The van der Waals surface area contributed by atoms with E-state index < -0.39 is 23.7 Å². The van der Waals surface area contributed by atoms with Crippen molar-refractivity contribution in [1.82, 2.24) is 10.9 Å². The number of ether oxygens (including phenoxy) is 2. The number of carbonyl (C=O) groups excluding carboxylic acids is 2. The first-order valence-electron chi connectivity index (χ1n) is 8.08. The number of benzene rings is 2. The van der Waals surface area contributed by atoms with Crippen LogP contribution in [0.15, 0.2) is 48.0 Å². The van der Waals surface area contributed by atoms with E-state index in [2.05, 4.69) is 10.9 Å². The molecule has 2 aromatic rings. The molecule has 1 aliphatic rings. The molecule has 0 aliphatic carbocycles. The number of carbonyl (C=O) groups is 2. The van der Waals surface area contributed by atoms with Crippen LogP contribution in [0.25, 0.3) is 6.08 Å². The lowest BCUT2D eigenvalue weighted by atomic mass is 10.1. The van der Waals surface area contributed by atoms with Crippen LogP contribution in [0.4, 0.5) is 4.39 Å². The van der Waals surface area contributed by atoms with E-state index in [0.717, 1.165) is 0 Å². The predicted octanol–water partition coefficient (Wildman–Crippen LogP) is 2.87. The Balaban J connectivity index is 1.55. The van der Waals surface area contributed by atoms with Gasteiger partial charge in [0.05, 0.1) is 5.57 Å². The molecule has 0 aromatic heterocycles. The maximum Gasteiger partial charge on any atom is 0.279 e. The molecular formula is C19H16ClFN2O4. The van der Waals surface area contributed by atoms with Crippen LogP contribution in [0, 0.1) is 5.82 Å². The molecular weight excluding hydrogens is 375 g/mol. The first-order chi connectivity index (χ1) is 12.9. The standard InChI is InChI=1S/C19H16ClFN2O4/c1-11(27-16-5-3-15(21)4-6-16)18(24)22-23-19(25)13-8-12-9-14(20)2-7-17(12)26-10-13/h2-9,11H,10H2,1H3,(H,22,24)(H,23,25). The number of fused-ring (bicyclic) bond motifs is 1. The first kappa shape index (κ1) is 18.7. The van der Waals surface area contributed by atoms with Gasteiger partial charge in [0.2, 0.25) is 0 Å². The van der Waals surface area contributed by atoms with Gasteiger partial charge in [-0.2, -0.15) is 0 Å². The van der Waals surface area contributed by atoms with Crippen molar-refractivity contribution in [1.29, 1.82) is 0 Å². The summed E-state index contributed by atoms with van der Waals surface area (Å²) in [5, 5.41) is 0.523. The molecule has 2 N–H and O–H groups in total. The average Bonchev–Trinajstić information content (AvgIpc) is 2.66. The van der Waals surface area contributed by atoms with E-state index in [4.69, 9.17) is 21.1 Å². The third-order valence-electron chi connectivity index (χ3n) is 3.77. The fourth-order valence-electron chi connectivity index (χ4n) is 2.35. The van der Waals surface area contributed by atoms with Gasteiger partial charge in [0.15, 0.2) is 6.10 Å². The molecule has 0 saturated carbocycles. The highest BCUT2D eigenvalue weighted by atomic mass is 35.5. The van der Waals surface area contributed by atoms with E-state index in [0.29, 0.717) is 27.7 Å². The van der Waals surface area contributed by atoms with Crippen LogP contribution in [-0.4, -0.2) is 24.5 Å². The largest absolute Gasteiger partial charge is 0.488 e. The molecule has 2 amide bonds. The van der Waals surface area contributed by atoms with Crippen molar-refractivity contribution in [2.45, 2.75) is 13.0 Å². The van der Waals surface area contributed by atoms with Crippen LogP contribution < -0.4 is 20.3 Å². The molecule has 0 saturated heterocycles. The molecule has 2 aromatic carbocycles. The second kappa shape index (κ2) is 8.09. The van der Waals surface area contributed by atoms with Gasteiger partial charge in [0.1, 0.15) is 23.9 Å². The van der Waals surface area contributed by atoms with E-state index in [1.54, 1.807) is 24.3 Å². The predicted molar refractivity (Wildman–Crippen MR) is 97.7 cm³/mol. The van der Waals surface area contributed by atoms with Gasteiger partial charge in [0, 0.05) is 10.6 Å². The fourth-order valence-corrected chi connectivity index (χ4v) is 2.53. The Morgan fingerprint density at radius 1 is 1.19 bits per heavy atom. The smallest absolute Gasteiger partial charge is 0.279 e. The van der Waals surface area contributed by atoms with Crippen LogP contribution in [-0.2, 0) is 9.59 Å². The topological polar surface area (TPSA) is 76.7 Å². The monoisotopic (exact) mass is 390 g/mol. The quantitative estimate of drug-likeness (QED) is 0.787. The van der Waals surface area contributed by atoms with Crippen LogP contribution in [0.2, 0.25) is 5.02 Å². The molecule has 0 bridgehead atoms. The Morgan fingerprint density at radius 2 is 1.93 bits per heavy atom.